The van der Waals surface area contributed by atoms with Gasteiger partial charge in [0.15, 0.2) is 11.5 Å². The smallest absolute Gasteiger partial charge is 0.161 e. The van der Waals surface area contributed by atoms with Gasteiger partial charge < -0.3 is 9.88 Å². The van der Waals surface area contributed by atoms with Crippen LogP contribution >= 0.6 is 0 Å². The Bertz CT molecular complexity index is 1520. The van der Waals surface area contributed by atoms with Crippen molar-refractivity contribution in [1.29, 1.82) is 0 Å². The van der Waals surface area contributed by atoms with Crippen LogP contribution in [0.3, 0.4) is 0 Å². The zero-order valence-corrected chi connectivity index (χ0v) is 20.2. The Labute approximate surface area is 209 Å². The van der Waals surface area contributed by atoms with Gasteiger partial charge in [-0.2, -0.15) is 5.10 Å². The van der Waals surface area contributed by atoms with Crippen LogP contribution in [0.4, 0.5) is 5.69 Å². The third-order valence-corrected chi connectivity index (χ3v) is 7.40. The molecule has 0 aliphatic carbocycles. The van der Waals surface area contributed by atoms with Crippen LogP contribution in [0.1, 0.15) is 37.7 Å². The van der Waals surface area contributed by atoms with Gasteiger partial charge in [-0.3, -0.25) is 20.0 Å². The maximum atomic E-state index is 5.00. The summed E-state index contributed by atoms with van der Waals surface area (Å²) in [6.45, 7) is 5.36. The number of H-pyrrole nitrogens is 2. The predicted octanol–water partition coefficient (Wildman–Crippen LogP) is 4.54. The number of pyridine rings is 3. The molecule has 0 spiro atoms. The molecule has 2 N–H and O–H groups in total. The van der Waals surface area contributed by atoms with Gasteiger partial charge >= 0.3 is 0 Å². The first-order valence-corrected chi connectivity index (χ1v) is 12.9. The van der Waals surface area contributed by atoms with Crippen LogP contribution in [0.2, 0.25) is 0 Å². The van der Waals surface area contributed by atoms with Crippen molar-refractivity contribution in [2.24, 2.45) is 0 Å². The maximum absolute atomic E-state index is 5.00. The van der Waals surface area contributed by atoms with E-state index in [-0.39, 0.29) is 0 Å². The highest BCUT2D eigenvalue weighted by Crippen LogP contribution is 2.31. The van der Waals surface area contributed by atoms with Crippen molar-refractivity contribution in [3.63, 3.8) is 0 Å². The van der Waals surface area contributed by atoms with Gasteiger partial charge in [0.25, 0.3) is 0 Å². The van der Waals surface area contributed by atoms with E-state index < -0.39 is 0 Å². The van der Waals surface area contributed by atoms with Gasteiger partial charge in [-0.15, -0.1) is 0 Å². The number of rotatable bonds is 5. The highest BCUT2D eigenvalue weighted by Gasteiger charge is 2.20. The summed E-state index contributed by atoms with van der Waals surface area (Å²) in [7, 11) is 0. The fourth-order valence-corrected chi connectivity index (χ4v) is 5.54. The highest BCUT2D eigenvalue weighted by atomic mass is 15.2. The number of fused-ring (bicyclic) bond motifs is 2. The number of imidazole rings is 1. The van der Waals surface area contributed by atoms with E-state index in [2.05, 4.69) is 41.0 Å². The third kappa shape index (κ3) is 3.89. The maximum Gasteiger partial charge on any atom is 0.161 e. The first-order chi connectivity index (χ1) is 17.8. The minimum Gasteiger partial charge on any atom is -0.368 e. The van der Waals surface area contributed by atoms with Crippen molar-refractivity contribution in [2.45, 2.75) is 38.6 Å². The second-order valence-corrected chi connectivity index (χ2v) is 9.92. The number of nitrogens with zero attached hydrogens (tertiary/aromatic N) is 7. The molecule has 9 heteroatoms. The Morgan fingerprint density at radius 2 is 1.61 bits per heavy atom. The minimum atomic E-state index is 0.702. The zero-order chi connectivity index (χ0) is 23.9. The van der Waals surface area contributed by atoms with Gasteiger partial charge in [-0.25, -0.2) is 9.97 Å². The Hall–Kier alpha value is -3.85. The summed E-state index contributed by atoms with van der Waals surface area (Å²) in [5.41, 5.74) is 8.45. The van der Waals surface area contributed by atoms with Gasteiger partial charge in [0.1, 0.15) is 11.0 Å². The van der Waals surface area contributed by atoms with Crippen molar-refractivity contribution < 1.29 is 0 Å². The van der Waals surface area contributed by atoms with Crippen LogP contribution in [-0.2, 0) is 6.54 Å². The lowest BCUT2D eigenvalue weighted by Crippen LogP contribution is -2.29. The molecule has 0 saturated carbocycles. The molecular weight excluding hydrogens is 450 g/mol. The summed E-state index contributed by atoms with van der Waals surface area (Å²) >= 11 is 0. The predicted molar refractivity (Wildman–Crippen MR) is 141 cm³/mol. The zero-order valence-electron chi connectivity index (χ0n) is 20.2. The molecular formula is C27H29N9. The summed E-state index contributed by atoms with van der Waals surface area (Å²) in [6, 6.07) is 6.26. The molecule has 0 unspecified atom stereocenters. The van der Waals surface area contributed by atoms with Crippen molar-refractivity contribution >= 4 is 27.8 Å². The molecule has 9 nitrogen and oxygen atoms in total. The fourth-order valence-electron chi connectivity index (χ4n) is 5.54. The first-order valence-electron chi connectivity index (χ1n) is 12.9. The van der Waals surface area contributed by atoms with Crippen LogP contribution in [0.25, 0.3) is 44.8 Å². The number of anilines is 1. The molecule has 7 rings (SSSR count). The van der Waals surface area contributed by atoms with E-state index in [1.165, 1.54) is 50.8 Å². The second-order valence-electron chi connectivity index (χ2n) is 9.92. The molecule has 0 radical (unpaired) electrons. The van der Waals surface area contributed by atoms with E-state index in [0.717, 1.165) is 58.6 Å². The molecule has 5 aromatic rings. The topological polar surface area (TPSA) is 103 Å². The van der Waals surface area contributed by atoms with Crippen molar-refractivity contribution in [3.8, 4) is 22.8 Å². The van der Waals surface area contributed by atoms with Gasteiger partial charge in [0, 0.05) is 37.6 Å². The van der Waals surface area contributed by atoms with Crippen LogP contribution in [0.5, 0.6) is 0 Å². The number of nitrogens with one attached hydrogen (secondary N) is 2. The fraction of sp³-hybridized carbons (Fsp3) is 0.370. The van der Waals surface area contributed by atoms with Crippen molar-refractivity contribution in [1.82, 2.24) is 40.0 Å². The van der Waals surface area contributed by atoms with Gasteiger partial charge in [0.2, 0.25) is 0 Å². The molecule has 0 atom stereocenters. The van der Waals surface area contributed by atoms with Gasteiger partial charge in [-0.1, -0.05) is 0 Å². The molecule has 36 heavy (non-hydrogen) atoms. The van der Waals surface area contributed by atoms with Crippen LogP contribution in [-0.4, -0.2) is 66.2 Å². The largest absolute Gasteiger partial charge is 0.368 e. The Morgan fingerprint density at radius 3 is 2.50 bits per heavy atom. The average molecular weight is 480 g/mol. The van der Waals surface area contributed by atoms with Crippen molar-refractivity contribution in [3.05, 3.63) is 48.5 Å². The molecule has 5 aromatic heterocycles. The van der Waals surface area contributed by atoms with E-state index in [1.54, 1.807) is 0 Å². The molecule has 2 saturated heterocycles. The molecule has 2 fully saturated rings. The van der Waals surface area contributed by atoms with Crippen LogP contribution < -0.4 is 4.90 Å². The Kier molecular flexibility index (Phi) is 5.35. The average Bonchev–Trinajstić information content (AvgIpc) is 3.68. The number of piperidine rings is 1. The van der Waals surface area contributed by atoms with E-state index in [1.807, 2.05) is 36.9 Å². The molecule has 0 aromatic carbocycles. The third-order valence-electron chi connectivity index (χ3n) is 7.40. The summed E-state index contributed by atoms with van der Waals surface area (Å²) in [5, 5.41) is 7.71. The van der Waals surface area contributed by atoms with Crippen LogP contribution in [0.15, 0.2) is 43.0 Å². The molecule has 2 aliphatic heterocycles. The van der Waals surface area contributed by atoms with E-state index >= 15 is 0 Å². The van der Waals surface area contributed by atoms with E-state index in [9.17, 15) is 0 Å². The number of aromatic amines is 2. The Morgan fingerprint density at radius 1 is 0.778 bits per heavy atom. The molecule has 0 bridgehead atoms. The van der Waals surface area contributed by atoms with Crippen LogP contribution in [0, 0.1) is 0 Å². The first kappa shape index (κ1) is 21.4. The second kappa shape index (κ2) is 8.98. The van der Waals surface area contributed by atoms with Gasteiger partial charge in [0.05, 0.1) is 34.8 Å². The number of hydrogen-bond donors (Lipinski definition) is 2. The molecule has 182 valence electrons. The Balaban J connectivity index is 1.25. The number of likely N-dealkylation sites (tertiary alicyclic amines) is 1. The summed E-state index contributed by atoms with van der Waals surface area (Å²) in [6.07, 6.45) is 13.9. The SMILES string of the molecule is c1ncc(-c2ccc3[nH]nc(-c4nc5c(N6CCCCC6)cncc5[nH]4)c3n2)cc1CN1CCCC1. The van der Waals surface area contributed by atoms with E-state index in [0.29, 0.717) is 11.5 Å². The lowest BCUT2D eigenvalue weighted by molar-refractivity contribution is 0.331. The standard InChI is InChI=1S/C27H29N9/c1-2-10-36(11-3-1)23-16-29-15-22-24(23)32-27(31-22)26-25-21(33-34-26)7-6-20(30-25)19-12-18(13-28-14-19)17-35-8-4-5-9-35/h6-7,12-16H,1-5,8-11,17H2,(H,31,32)(H,33,34). The summed E-state index contributed by atoms with van der Waals surface area (Å²) in [5.74, 6) is 0.702. The van der Waals surface area contributed by atoms with Gasteiger partial charge in [-0.05, 0) is 69.0 Å². The monoisotopic (exact) mass is 479 g/mol. The number of aromatic nitrogens is 7. The highest BCUT2D eigenvalue weighted by molar-refractivity contribution is 5.94. The number of hydrogen-bond acceptors (Lipinski definition) is 7. The van der Waals surface area contributed by atoms with E-state index in [4.69, 9.17) is 9.97 Å². The molecule has 2 aliphatic rings. The van der Waals surface area contributed by atoms with Crippen molar-refractivity contribution in [2.75, 3.05) is 31.1 Å². The molecule has 0 amide bonds. The lowest BCUT2D eigenvalue weighted by atomic mass is 10.1. The minimum absolute atomic E-state index is 0.702. The summed E-state index contributed by atoms with van der Waals surface area (Å²) < 4.78 is 0. The normalized spacial score (nSPS) is 16.9. The quantitative estimate of drug-likeness (QED) is 0.381. The summed E-state index contributed by atoms with van der Waals surface area (Å²) in [4.78, 5) is 27.3. The molecule has 7 heterocycles. The lowest BCUT2D eigenvalue weighted by Gasteiger charge is -2.28.